The number of aromatic nitrogens is 2. The monoisotopic (exact) mass is 410 g/mol. The molecular weight excluding hydrogens is 389 g/mol. The molecule has 7 nitrogen and oxygen atoms in total. The van der Waals surface area contributed by atoms with E-state index < -0.39 is 23.1 Å². The number of halogens is 3. The first-order valence-electron chi connectivity index (χ1n) is 9.61. The summed E-state index contributed by atoms with van der Waals surface area (Å²) in [6.45, 7) is 3.53. The Bertz CT molecular complexity index is 1010. The van der Waals surface area contributed by atoms with Crippen molar-refractivity contribution in [1.29, 1.82) is 0 Å². The topological polar surface area (TPSA) is 76.5 Å². The van der Waals surface area contributed by atoms with Crippen molar-refractivity contribution in [3.05, 3.63) is 33.6 Å². The fraction of sp³-hybridized carbons (Fsp3) is 0.526. The Labute approximate surface area is 164 Å². The lowest BCUT2D eigenvalue weighted by molar-refractivity contribution is -0.137. The average molecular weight is 410 g/mol. The molecule has 0 radical (unpaired) electrons. The predicted octanol–water partition coefficient (Wildman–Crippen LogP) is 2.34. The molecule has 2 aliphatic rings. The minimum absolute atomic E-state index is 0.00591. The number of nitrogens with one attached hydrogen (secondary N) is 1. The lowest BCUT2D eigenvalue weighted by Gasteiger charge is -2.31. The molecular formula is C19H21F3N4O3. The number of alkyl halides is 3. The number of nitrogens with zero attached hydrogens (tertiary/aromatic N) is 3. The molecule has 1 aliphatic carbocycles. The van der Waals surface area contributed by atoms with Crippen LogP contribution in [0.15, 0.2) is 17.1 Å². The number of carbonyl (C=O) groups excluding carboxylic acids is 1. The van der Waals surface area contributed by atoms with Crippen LogP contribution in [0.5, 0.6) is 0 Å². The summed E-state index contributed by atoms with van der Waals surface area (Å²) in [5.41, 5.74) is -1.85. The molecule has 3 heterocycles. The molecule has 1 saturated carbocycles. The number of anilines is 1. The highest BCUT2D eigenvalue weighted by molar-refractivity contribution is 5.93. The first-order valence-corrected chi connectivity index (χ1v) is 9.61. The van der Waals surface area contributed by atoms with E-state index in [-0.39, 0.29) is 35.1 Å². The maximum absolute atomic E-state index is 13.8. The van der Waals surface area contributed by atoms with E-state index in [2.05, 4.69) is 10.3 Å². The maximum atomic E-state index is 13.8. The molecule has 0 atom stereocenters. The number of pyridine rings is 2. The number of fused-ring (bicyclic) bond motifs is 1. The largest absolute Gasteiger partial charge is 0.462 e. The van der Waals surface area contributed by atoms with Crippen molar-refractivity contribution in [3.8, 4) is 0 Å². The van der Waals surface area contributed by atoms with Crippen LogP contribution in [-0.4, -0.2) is 48.3 Å². The van der Waals surface area contributed by atoms with Gasteiger partial charge < -0.3 is 19.5 Å². The highest BCUT2D eigenvalue weighted by Gasteiger charge is 2.38. The van der Waals surface area contributed by atoms with Gasteiger partial charge in [0.25, 0.3) is 0 Å². The summed E-state index contributed by atoms with van der Waals surface area (Å²) in [5.74, 6) is -1.02. The van der Waals surface area contributed by atoms with Crippen molar-refractivity contribution in [3.63, 3.8) is 0 Å². The van der Waals surface area contributed by atoms with Crippen LogP contribution in [-0.2, 0) is 10.9 Å². The van der Waals surface area contributed by atoms with Gasteiger partial charge in [-0.25, -0.2) is 9.78 Å². The van der Waals surface area contributed by atoms with E-state index in [0.29, 0.717) is 26.2 Å². The van der Waals surface area contributed by atoms with Crippen molar-refractivity contribution in [2.75, 3.05) is 37.7 Å². The third kappa shape index (κ3) is 3.68. The van der Waals surface area contributed by atoms with Crippen molar-refractivity contribution in [2.45, 2.75) is 32.0 Å². The van der Waals surface area contributed by atoms with Gasteiger partial charge in [0, 0.05) is 38.4 Å². The van der Waals surface area contributed by atoms with Crippen molar-refractivity contribution >= 4 is 22.8 Å². The summed E-state index contributed by atoms with van der Waals surface area (Å²) in [4.78, 5) is 31.0. The number of ether oxygens (including phenoxy) is 1. The zero-order chi connectivity index (χ0) is 20.8. The predicted molar refractivity (Wildman–Crippen MR) is 100 cm³/mol. The summed E-state index contributed by atoms with van der Waals surface area (Å²) >= 11 is 0. The third-order valence-corrected chi connectivity index (χ3v) is 5.14. The van der Waals surface area contributed by atoms with Gasteiger partial charge in [-0.1, -0.05) is 0 Å². The molecule has 2 aromatic heterocycles. The van der Waals surface area contributed by atoms with E-state index >= 15 is 0 Å². The number of hydrogen-bond acceptors (Lipinski definition) is 6. The molecule has 0 unspecified atom stereocenters. The number of esters is 1. The van der Waals surface area contributed by atoms with E-state index in [1.807, 2.05) is 0 Å². The van der Waals surface area contributed by atoms with Gasteiger partial charge in [0.1, 0.15) is 17.0 Å². The molecule has 29 heavy (non-hydrogen) atoms. The second-order valence-corrected chi connectivity index (χ2v) is 7.20. The van der Waals surface area contributed by atoms with Gasteiger partial charge in [0.05, 0.1) is 17.6 Å². The maximum Gasteiger partial charge on any atom is 0.419 e. The molecule has 1 N–H and O–H groups in total. The Kier molecular flexibility index (Phi) is 4.97. The molecule has 0 aromatic carbocycles. The fourth-order valence-electron chi connectivity index (χ4n) is 3.57. The summed E-state index contributed by atoms with van der Waals surface area (Å²) in [6, 6.07) is 0.843. The van der Waals surface area contributed by atoms with Gasteiger partial charge in [-0.15, -0.1) is 0 Å². The van der Waals surface area contributed by atoms with Crippen LogP contribution in [0, 0.1) is 0 Å². The van der Waals surface area contributed by atoms with E-state index in [0.717, 1.165) is 18.9 Å². The van der Waals surface area contributed by atoms with Gasteiger partial charge in [-0.05, 0) is 25.8 Å². The highest BCUT2D eigenvalue weighted by atomic mass is 19.4. The second kappa shape index (κ2) is 7.33. The van der Waals surface area contributed by atoms with Gasteiger partial charge in [0.15, 0.2) is 0 Å². The Balaban J connectivity index is 1.98. The Hall–Kier alpha value is -2.62. The molecule has 2 fully saturated rings. The SMILES string of the molecule is CCOC(=O)c1cn(C2CC2)c2nc(N3CCNCC3)c(C(F)(F)F)cc2c1=O. The van der Waals surface area contributed by atoms with E-state index in [1.54, 1.807) is 16.4 Å². The number of carbonyl (C=O) groups is 1. The van der Waals surface area contributed by atoms with Crippen LogP contribution in [0.2, 0.25) is 0 Å². The summed E-state index contributed by atoms with van der Waals surface area (Å²) in [7, 11) is 0. The highest BCUT2D eigenvalue weighted by Crippen LogP contribution is 2.40. The molecule has 1 aliphatic heterocycles. The van der Waals surface area contributed by atoms with Gasteiger partial charge in [0.2, 0.25) is 5.43 Å². The minimum atomic E-state index is -4.68. The molecule has 2 aromatic rings. The first-order chi connectivity index (χ1) is 13.8. The smallest absolute Gasteiger partial charge is 0.419 e. The van der Waals surface area contributed by atoms with Crippen molar-refractivity contribution < 1.29 is 22.7 Å². The Morgan fingerprint density at radius 2 is 2.00 bits per heavy atom. The quantitative estimate of drug-likeness (QED) is 0.780. The van der Waals surface area contributed by atoms with Crippen LogP contribution >= 0.6 is 0 Å². The molecule has 0 spiro atoms. The average Bonchev–Trinajstić information content (AvgIpc) is 3.53. The van der Waals surface area contributed by atoms with Crippen LogP contribution in [0.3, 0.4) is 0 Å². The number of hydrogen-bond donors (Lipinski definition) is 1. The summed E-state index contributed by atoms with van der Waals surface area (Å²) in [6.07, 6.45) is -1.68. The van der Waals surface area contributed by atoms with Crippen LogP contribution in [0.25, 0.3) is 11.0 Å². The fourth-order valence-corrected chi connectivity index (χ4v) is 3.57. The van der Waals surface area contributed by atoms with E-state index in [4.69, 9.17) is 4.74 Å². The molecule has 4 rings (SSSR count). The van der Waals surface area contributed by atoms with Crippen molar-refractivity contribution in [1.82, 2.24) is 14.9 Å². The second-order valence-electron chi connectivity index (χ2n) is 7.20. The zero-order valence-electron chi connectivity index (χ0n) is 15.9. The van der Waals surface area contributed by atoms with Gasteiger partial charge in [-0.3, -0.25) is 4.79 Å². The zero-order valence-corrected chi connectivity index (χ0v) is 15.9. The molecule has 0 bridgehead atoms. The van der Waals surface area contributed by atoms with E-state index in [1.165, 1.54) is 6.20 Å². The molecule has 156 valence electrons. The summed E-state index contributed by atoms with van der Waals surface area (Å²) < 4.78 is 48.1. The van der Waals surface area contributed by atoms with Crippen molar-refractivity contribution in [2.24, 2.45) is 0 Å². The molecule has 0 amide bonds. The van der Waals surface area contributed by atoms with E-state index in [9.17, 15) is 22.8 Å². The van der Waals surface area contributed by atoms with Gasteiger partial charge in [-0.2, -0.15) is 13.2 Å². The lowest BCUT2D eigenvalue weighted by atomic mass is 10.1. The van der Waals surface area contributed by atoms with Crippen LogP contribution in [0.1, 0.15) is 41.7 Å². The normalized spacial score (nSPS) is 17.6. The third-order valence-electron chi connectivity index (χ3n) is 5.14. The standard InChI is InChI=1S/C19H21F3N4O3/c1-2-29-18(28)13-10-26(11-3-4-11)16-12(15(13)27)9-14(19(20,21)22)17(24-16)25-7-5-23-6-8-25/h9-11,23H,2-8H2,1H3. The van der Waals surface area contributed by atoms with Crippen LogP contribution in [0.4, 0.5) is 19.0 Å². The number of piperazine rings is 1. The Morgan fingerprint density at radius 3 is 2.59 bits per heavy atom. The lowest BCUT2D eigenvalue weighted by Crippen LogP contribution is -2.44. The molecule has 1 saturated heterocycles. The first kappa shape index (κ1) is 19.7. The minimum Gasteiger partial charge on any atom is -0.462 e. The van der Waals surface area contributed by atoms with Crippen LogP contribution < -0.4 is 15.6 Å². The Morgan fingerprint density at radius 1 is 1.31 bits per heavy atom. The van der Waals surface area contributed by atoms with Gasteiger partial charge >= 0.3 is 12.1 Å². The molecule has 10 heteroatoms. The number of rotatable bonds is 4. The summed E-state index contributed by atoms with van der Waals surface area (Å²) in [5, 5.41) is 2.89.